The van der Waals surface area contributed by atoms with E-state index in [1.54, 1.807) is 0 Å². The molecule has 0 aromatic rings. The Kier molecular flexibility index (Phi) is 2.95. The molecule has 1 N–H and O–H groups in total. The molecule has 1 aliphatic carbocycles. The average Bonchev–Trinajstić information content (AvgIpc) is 1.81. The molecule has 1 rings (SSSR count). The third-order valence-electron chi connectivity index (χ3n) is 2.40. The first-order chi connectivity index (χ1) is 5.58. The zero-order valence-electron chi connectivity index (χ0n) is 7.62. The fourth-order valence-electron chi connectivity index (χ4n) is 2.11. The van der Waals surface area contributed by atoms with Gasteiger partial charge in [-0.15, -0.1) is 0 Å². The van der Waals surface area contributed by atoms with Crippen molar-refractivity contribution in [3.8, 4) is 0 Å². The van der Waals surface area contributed by atoms with Crippen molar-refractivity contribution in [1.29, 1.82) is 0 Å². The molecule has 12 heavy (non-hydrogen) atoms. The first kappa shape index (κ1) is 9.36. The Balaban J connectivity index is 2.38. The van der Waals surface area contributed by atoms with Crippen LogP contribution in [0.3, 0.4) is 0 Å². The van der Waals surface area contributed by atoms with Crippen LogP contribution in [-0.2, 0) is 4.74 Å². The molecule has 0 aromatic heterocycles. The summed E-state index contributed by atoms with van der Waals surface area (Å²) in [5.74, 6) is 1.19. The Morgan fingerprint density at radius 3 is 2.17 bits per heavy atom. The number of ether oxygens (including phenoxy) is 1. The van der Waals surface area contributed by atoms with E-state index in [9.17, 15) is 4.79 Å². The lowest BCUT2D eigenvalue weighted by atomic mass is 9.82. The largest absolute Gasteiger partial charge is 0.506 e. The third-order valence-corrected chi connectivity index (χ3v) is 2.40. The summed E-state index contributed by atoms with van der Waals surface area (Å²) >= 11 is 0. The Hall–Kier alpha value is -0.730. The molecule has 0 aliphatic heterocycles. The average molecular weight is 172 g/mol. The Morgan fingerprint density at radius 1 is 1.25 bits per heavy atom. The van der Waals surface area contributed by atoms with E-state index in [0.717, 1.165) is 12.8 Å². The van der Waals surface area contributed by atoms with Crippen molar-refractivity contribution < 1.29 is 14.6 Å². The van der Waals surface area contributed by atoms with E-state index in [4.69, 9.17) is 9.84 Å². The molecular weight excluding hydrogens is 156 g/mol. The van der Waals surface area contributed by atoms with Gasteiger partial charge in [0.05, 0.1) is 0 Å². The number of hydrogen-bond acceptors (Lipinski definition) is 2. The predicted molar refractivity (Wildman–Crippen MR) is 45.1 cm³/mol. The quantitative estimate of drug-likeness (QED) is 0.618. The molecule has 0 spiro atoms. The zero-order chi connectivity index (χ0) is 9.14. The lowest BCUT2D eigenvalue weighted by Gasteiger charge is -2.30. The van der Waals surface area contributed by atoms with Gasteiger partial charge in [0, 0.05) is 0 Å². The molecule has 1 aliphatic rings. The minimum absolute atomic E-state index is 0.0683. The fourth-order valence-corrected chi connectivity index (χ4v) is 2.11. The highest BCUT2D eigenvalue weighted by atomic mass is 16.7. The maximum absolute atomic E-state index is 10.3. The van der Waals surface area contributed by atoms with E-state index in [1.165, 1.54) is 6.42 Å². The van der Waals surface area contributed by atoms with Crippen molar-refractivity contribution in [2.75, 3.05) is 0 Å². The van der Waals surface area contributed by atoms with Crippen LogP contribution in [0.15, 0.2) is 0 Å². The molecule has 1 saturated carbocycles. The maximum Gasteiger partial charge on any atom is 0.506 e. The van der Waals surface area contributed by atoms with Crippen molar-refractivity contribution in [2.45, 2.75) is 39.2 Å². The van der Waals surface area contributed by atoms with E-state index in [0.29, 0.717) is 11.8 Å². The van der Waals surface area contributed by atoms with Gasteiger partial charge in [-0.2, -0.15) is 0 Å². The lowest BCUT2D eigenvalue weighted by Crippen LogP contribution is -2.27. The van der Waals surface area contributed by atoms with Gasteiger partial charge < -0.3 is 9.84 Å². The second kappa shape index (κ2) is 3.78. The van der Waals surface area contributed by atoms with Crippen molar-refractivity contribution in [3.05, 3.63) is 0 Å². The second-order valence-electron chi connectivity index (χ2n) is 3.92. The lowest BCUT2D eigenvalue weighted by molar-refractivity contribution is 0.0155. The monoisotopic (exact) mass is 172 g/mol. The molecule has 0 aromatic carbocycles. The molecule has 0 saturated heterocycles. The summed E-state index contributed by atoms with van der Waals surface area (Å²) in [4.78, 5) is 10.3. The molecule has 3 nitrogen and oxygen atoms in total. The van der Waals surface area contributed by atoms with Crippen LogP contribution >= 0.6 is 0 Å². The van der Waals surface area contributed by atoms with Gasteiger partial charge in [-0.05, 0) is 31.1 Å². The van der Waals surface area contributed by atoms with Gasteiger partial charge in [-0.3, -0.25) is 0 Å². The predicted octanol–water partition coefficient (Wildman–Crippen LogP) is 2.51. The normalized spacial score (nSPS) is 36.0. The van der Waals surface area contributed by atoms with Gasteiger partial charge in [0.25, 0.3) is 0 Å². The summed E-state index contributed by atoms with van der Waals surface area (Å²) < 4.78 is 4.75. The summed E-state index contributed by atoms with van der Waals surface area (Å²) in [5, 5.41) is 8.42. The molecular formula is C9H16O3. The van der Waals surface area contributed by atoms with Crippen molar-refractivity contribution in [1.82, 2.24) is 0 Å². The molecule has 70 valence electrons. The molecule has 1 fully saturated rings. The van der Waals surface area contributed by atoms with E-state index < -0.39 is 6.16 Å². The van der Waals surface area contributed by atoms with Crippen LogP contribution in [0.4, 0.5) is 4.79 Å². The smallest absolute Gasteiger partial charge is 0.450 e. The molecule has 0 unspecified atom stereocenters. The van der Waals surface area contributed by atoms with Crippen molar-refractivity contribution >= 4 is 6.16 Å². The first-order valence-electron chi connectivity index (χ1n) is 4.47. The van der Waals surface area contributed by atoms with Crippen LogP contribution in [0.1, 0.15) is 33.1 Å². The second-order valence-corrected chi connectivity index (χ2v) is 3.92. The minimum atomic E-state index is -1.14. The number of carboxylic acid groups (broad SMARTS) is 1. The summed E-state index contributed by atoms with van der Waals surface area (Å²) in [6.07, 6.45) is 1.76. The Morgan fingerprint density at radius 2 is 1.75 bits per heavy atom. The molecule has 0 bridgehead atoms. The van der Waals surface area contributed by atoms with E-state index in [2.05, 4.69) is 13.8 Å². The fraction of sp³-hybridized carbons (Fsp3) is 0.889. The summed E-state index contributed by atoms with van der Waals surface area (Å²) in [6, 6.07) is 0. The zero-order valence-corrected chi connectivity index (χ0v) is 7.62. The van der Waals surface area contributed by atoms with Gasteiger partial charge in [0.1, 0.15) is 6.10 Å². The van der Waals surface area contributed by atoms with Crippen LogP contribution in [0, 0.1) is 11.8 Å². The minimum Gasteiger partial charge on any atom is -0.450 e. The van der Waals surface area contributed by atoms with Crippen LogP contribution in [0.2, 0.25) is 0 Å². The first-order valence-corrected chi connectivity index (χ1v) is 4.47. The topological polar surface area (TPSA) is 46.5 Å². The van der Waals surface area contributed by atoms with Gasteiger partial charge in [0.15, 0.2) is 0 Å². The van der Waals surface area contributed by atoms with Crippen LogP contribution < -0.4 is 0 Å². The highest BCUT2D eigenvalue weighted by molar-refractivity contribution is 5.57. The highest BCUT2D eigenvalue weighted by Gasteiger charge is 2.26. The molecule has 3 atom stereocenters. The Bertz CT molecular complexity index is 157. The SMILES string of the molecule is C[C@@H]1C[C@H](C)C[C@H](OC(=O)O)C1. The maximum atomic E-state index is 10.3. The third kappa shape index (κ3) is 2.72. The van der Waals surface area contributed by atoms with Gasteiger partial charge >= 0.3 is 6.16 Å². The molecule has 0 heterocycles. The van der Waals surface area contributed by atoms with Crippen LogP contribution in [0.25, 0.3) is 0 Å². The van der Waals surface area contributed by atoms with Gasteiger partial charge in [-0.25, -0.2) is 4.79 Å². The van der Waals surface area contributed by atoms with E-state index in [1.807, 2.05) is 0 Å². The van der Waals surface area contributed by atoms with Crippen LogP contribution in [-0.4, -0.2) is 17.4 Å². The summed E-state index contributed by atoms with van der Waals surface area (Å²) in [6.45, 7) is 4.29. The van der Waals surface area contributed by atoms with Gasteiger partial charge in [0.2, 0.25) is 0 Å². The van der Waals surface area contributed by atoms with Gasteiger partial charge in [-0.1, -0.05) is 13.8 Å². The van der Waals surface area contributed by atoms with Crippen molar-refractivity contribution in [2.24, 2.45) is 11.8 Å². The van der Waals surface area contributed by atoms with E-state index >= 15 is 0 Å². The molecule has 0 radical (unpaired) electrons. The van der Waals surface area contributed by atoms with Crippen LogP contribution in [0.5, 0.6) is 0 Å². The highest BCUT2D eigenvalue weighted by Crippen LogP contribution is 2.30. The number of carbonyl (C=O) groups is 1. The molecule has 3 heteroatoms. The van der Waals surface area contributed by atoms with E-state index in [-0.39, 0.29) is 6.10 Å². The van der Waals surface area contributed by atoms with Crippen molar-refractivity contribution in [3.63, 3.8) is 0 Å². The number of rotatable bonds is 1. The molecule has 0 amide bonds. The summed E-state index contributed by atoms with van der Waals surface area (Å²) in [5.41, 5.74) is 0. The summed E-state index contributed by atoms with van der Waals surface area (Å²) in [7, 11) is 0. The Labute approximate surface area is 72.7 Å². The number of hydrogen-bond donors (Lipinski definition) is 1. The standard InChI is InChI=1S/C9H16O3/c1-6-3-7(2)5-8(4-6)12-9(10)11/h6-8H,3-5H2,1-2H3,(H,10,11)/t6-,7+,8-.